The summed E-state index contributed by atoms with van der Waals surface area (Å²) in [4.78, 5) is 57.7. The molecule has 3 heterocycles. The van der Waals surface area contributed by atoms with E-state index in [-0.39, 0.29) is 21.8 Å². The molecule has 6 atom stereocenters. The van der Waals surface area contributed by atoms with Crippen molar-refractivity contribution < 1.29 is 61.4 Å². The van der Waals surface area contributed by atoms with Crippen LogP contribution in [0.2, 0.25) is 0 Å². The van der Waals surface area contributed by atoms with Crippen molar-refractivity contribution in [3.8, 4) is 0 Å². The lowest BCUT2D eigenvalue weighted by atomic mass is 10.1. The van der Waals surface area contributed by atoms with Gasteiger partial charge in [-0.15, -0.1) is 0 Å². The zero-order chi connectivity index (χ0) is 24.9. The topological polar surface area (TPSA) is 299 Å². The van der Waals surface area contributed by atoms with E-state index in [0.717, 1.165) is 4.57 Å². The van der Waals surface area contributed by atoms with Crippen molar-refractivity contribution in [1.29, 1.82) is 0 Å². The van der Waals surface area contributed by atoms with Crippen LogP contribution in [0.3, 0.4) is 0 Å². The van der Waals surface area contributed by atoms with Crippen LogP contribution in [0.1, 0.15) is 6.23 Å². The number of anilines is 1. The summed E-state index contributed by atoms with van der Waals surface area (Å²) in [5.41, 5.74) is 4.45. The number of nitrogens with zero attached hydrogens (tertiary/aromatic N) is 3. The van der Waals surface area contributed by atoms with Gasteiger partial charge in [0.05, 0.1) is 6.61 Å². The molecule has 1 saturated heterocycles. The average Bonchev–Trinajstić information content (AvgIpc) is 3.07. The van der Waals surface area contributed by atoms with Gasteiger partial charge < -0.3 is 40.3 Å². The Morgan fingerprint density at radius 3 is 2.33 bits per heavy atom. The fraction of sp³-hybridized carbons (Fsp3) is 0.500. The van der Waals surface area contributed by atoms with Crippen LogP contribution in [-0.2, 0) is 31.6 Å². The van der Waals surface area contributed by atoms with Crippen LogP contribution in [-0.4, -0.2) is 74.2 Å². The summed E-state index contributed by atoms with van der Waals surface area (Å²) in [6.07, 6.45) is -6.53. The van der Waals surface area contributed by atoms with Gasteiger partial charge in [-0.25, -0.2) is 18.7 Å². The van der Waals surface area contributed by atoms with Crippen LogP contribution in [0, 0.1) is 0 Å². The predicted octanol–water partition coefficient (Wildman–Crippen LogP) is -1.57. The molecule has 1 aliphatic rings. The zero-order valence-corrected chi connectivity index (χ0v) is 19.9. The molecule has 2 aromatic rings. The number of ether oxygens (including phenoxy) is 1. The van der Waals surface area contributed by atoms with Crippen molar-refractivity contribution >= 4 is 56.5 Å². The third-order valence-corrected chi connectivity index (χ3v) is 8.30. The SMILES string of the molecule is Nc1nc2c(nc(Br)n2[C@@H]2O[C@H](COP(=O)(O)OP(=O)(O)OP(=O)(O)O)C(O)C2O)c(=O)[nH]1. The summed E-state index contributed by atoms with van der Waals surface area (Å²) in [5.74, 6) is -0.293. The molecule has 0 spiro atoms. The molecule has 23 heteroatoms. The Morgan fingerprint density at radius 1 is 1.09 bits per heavy atom. The average molecular weight is 602 g/mol. The summed E-state index contributed by atoms with van der Waals surface area (Å²) < 4.78 is 51.8. The largest absolute Gasteiger partial charge is 0.490 e. The highest BCUT2D eigenvalue weighted by atomic mass is 79.9. The number of phosphoric ester groups is 1. The molecule has 2 aromatic heterocycles. The first-order valence-corrected chi connectivity index (χ1v) is 13.5. The fourth-order valence-electron chi connectivity index (χ4n) is 2.75. The van der Waals surface area contributed by atoms with Crippen molar-refractivity contribution in [2.45, 2.75) is 24.5 Å². The van der Waals surface area contributed by atoms with E-state index < -0.39 is 60.2 Å². The lowest BCUT2D eigenvalue weighted by molar-refractivity contribution is -0.0513. The number of nitrogens with two attached hydrogens (primary N) is 1. The lowest BCUT2D eigenvalue weighted by Gasteiger charge is -2.19. The number of rotatable bonds is 8. The van der Waals surface area contributed by atoms with Gasteiger partial charge in [0.25, 0.3) is 5.56 Å². The standard InChI is InChI=1S/C10H15BrN5O14P3/c11-9-13-3-6(14-10(12)15-7(3)19)16(9)8-5(18)4(17)2(28-8)1-27-32(23,24)30-33(25,26)29-31(20,21)22/h2,4-5,8,17-18H,1H2,(H,23,24)(H,25,26)(H2,20,21,22)(H3,12,14,15,19)/t2-,4?,5?,8-/m1/s1. The molecule has 0 bridgehead atoms. The number of hydrogen-bond acceptors (Lipinski definition) is 13. The molecule has 0 saturated carbocycles. The molecule has 0 aromatic carbocycles. The van der Waals surface area contributed by atoms with Crippen LogP contribution in [0.4, 0.5) is 5.95 Å². The van der Waals surface area contributed by atoms with Crippen molar-refractivity contribution in [3.05, 3.63) is 15.1 Å². The number of phosphoric acid groups is 3. The van der Waals surface area contributed by atoms with Crippen LogP contribution < -0.4 is 11.3 Å². The molecular formula is C10H15BrN5O14P3. The Bertz CT molecular complexity index is 1260. The number of halogens is 1. The molecule has 19 nitrogen and oxygen atoms in total. The molecule has 3 rings (SSSR count). The number of imidazole rings is 1. The van der Waals surface area contributed by atoms with Gasteiger partial charge in [0.1, 0.15) is 18.3 Å². The normalized spacial score (nSPS) is 27.5. The second-order valence-corrected chi connectivity index (χ2v) is 11.4. The number of aromatic nitrogens is 4. The van der Waals surface area contributed by atoms with Gasteiger partial charge in [0, 0.05) is 0 Å². The van der Waals surface area contributed by atoms with E-state index in [2.05, 4.69) is 44.0 Å². The number of aliphatic hydroxyl groups excluding tert-OH is 2. The maximum absolute atomic E-state index is 12.0. The summed E-state index contributed by atoms with van der Waals surface area (Å²) >= 11 is 3.05. The van der Waals surface area contributed by atoms with Crippen molar-refractivity contribution in [2.24, 2.45) is 0 Å². The Labute approximate surface area is 189 Å². The molecule has 33 heavy (non-hydrogen) atoms. The second-order valence-electron chi connectivity index (χ2n) is 6.31. The molecule has 4 unspecified atom stereocenters. The van der Waals surface area contributed by atoms with E-state index in [1.165, 1.54) is 0 Å². The molecule has 186 valence electrons. The number of aromatic amines is 1. The summed E-state index contributed by atoms with van der Waals surface area (Å²) in [5, 5.41) is 20.6. The minimum absolute atomic E-state index is 0.0640. The minimum Gasteiger partial charge on any atom is -0.387 e. The molecule has 9 N–H and O–H groups in total. The van der Waals surface area contributed by atoms with E-state index in [1.807, 2.05) is 0 Å². The molecule has 0 amide bonds. The predicted molar refractivity (Wildman–Crippen MR) is 106 cm³/mol. The molecular weight excluding hydrogens is 587 g/mol. The highest BCUT2D eigenvalue weighted by Crippen LogP contribution is 2.66. The summed E-state index contributed by atoms with van der Waals surface area (Å²) in [6, 6.07) is 0. The zero-order valence-electron chi connectivity index (χ0n) is 15.6. The monoisotopic (exact) mass is 601 g/mol. The van der Waals surface area contributed by atoms with Crippen molar-refractivity contribution in [1.82, 2.24) is 19.5 Å². The number of fused-ring (bicyclic) bond motifs is 1. The second kappa shape index (κ2) is 9.18. The van der Waals surface area contributed by atoms with Gasteiger partial charge in [-0.05, 0) is 15.9 Å². The highest BCUT2D eigenvalue weighted by molar-refractivity contribution is 9.10. The van der Waals surface area contributed by atoms with E-state index in [4.69, 9.17) is 25.2 Å². The van der Waals surface area contributed by atoms with Gasteiger partial charge in [0.2, 0.25) is 5.95 Å². The molecule has 1 fully saturated rings. The van der Waals surface area contributed by atoms with E-state index in [0.29, 0.717) is 0 Å². The maximum Gasteiger partial charge on any atom is 0.490 e. The van der Waals surface area contributed by atoms with Crippen LogP contribution >= 0.6 is 39.4 Å². The van der Waals surface area contributed by atoms with Gasteiger partial charge in [-0.2, -0.15) is 13.6 Å². The quantitative estimate of drug-likeness (QED) is 0.125. The number of nitrogens with one attached hydrogen (secondary N) is 1. The number of aliphatic hydroxyl groups is 2. The number of nitrogen functional groups attached to an aromatic ring is 1. The summed E-state index contributed by atoms with van der Waals surface area (Å²) in [6.45, 7) is -1.03. The van der Waals surface area contributed by atoms with E-state index in [1.54, 1.807) is 0 Å². The maximum atomic E-state index is 12.0. The smallest absolute Gasteiger partial charge is 0.387 e. The fourth-order valence-corrected chi connectivity index (χ4v) is 6.33. The first-order valence-electron chi connectivity index (χ1n) is 8.23. The Hall–Kier alpha value is -1.08. The van der Waals surface area contributed by atoms with Gasteiger partial charge in [0.15, 0.2) is 22.1 Å². The van der Waals surface area contributed by atoms with E-state index >= 15 is 0 Å². The summed E-state index contributed by atoms with van der Waals surface area (Å²) in [7, 11) is -16.8. The van der Waals surface area contributed by atoms with Crippen LogP contribution in [0.25, 0.3) is 11.2 Å². The first-order chi connectivity index (χ1) is 15.0. The Morgan fingerprint density at radius 2 is 1.73 bits per heavy atom. The molecule has 0 radical (unpaired) electrons. The van der Waals surface area contributed by atoms with Gasteiger partial charge in [-0.1, -0.05) is 0 Å². The molecule has 0 aliphatic carbocycles. The minimum atomic E-state index is -5.74. The third-order valence-electron chi connectivity index (χ3n) is 3.94. The first kappa shape index (κ1) is 26.5. The Balaban J connectivity index is 1.77. The van der Waals surface area contributed by atoms with Gasteiger partial charge >= 0.3 is 23.5 Å². The lowest BCUT2D eigenvalue weighted by Crippen LogP contribution is -2.33. The number of H-pyrrole nitrogens is 1. The van der Waals surface area contributed by atoms with E-state index in [9.17, 15) is 33.6 Å². The molecule has 1 aliphatic heterocycles. The Kier molecular flexibility index (Phi) is 7.38. The van der Waals surface area contributed by atoms with Gasteiger partial charge in [-0.3, -0.25) is 18.9 Å². The highest BCUT2D eigenvalue weighted by Gasteiger charge is 2.47. The third kappa shape index (κ3) is 6.14. The van der Waals surface area contributed by atoms with Crippen molar-refractivity contribution in [3.63, 3.8) is 0 Å². The van der Waals surface area contributed by atoms with Crippen molar-refractivity contribution in [2.75, 3.05) is 12.3 Å². The number of hydrogen-bond donors (Lipinski definition) is 8. The van der Waals surface area contributed by atoms with Crippen LogP contribution in [0.5, 0.6) is 0 Å². The van der Waals surface area contributed by atoms with Crippen LogP contribution in [0.15, 0.2) is 9.53 Å².